The number of nitrogens with one attached hydrogen (secondary N) is 1. The number of carbonyl (C=O) groups is 1. The van der Waals surface area contributed by atoms with Gasteiger partial charge >= 0.3 is 0 Å². The molecule has 1 atom stereocenters. The lowest BCUT2D eigenvalue weighted by molar-refractivity contribution is -0.122. The van der Waals surface area contributed by atoms with Gasteiger partial charge < -0.3 is 15.2 Å². The lowest BCUT2D eigenvalue weighted by Crippen LogP contribution is -2.38. The van der Waals surface area contributed by atoms with Crippen molar-refractivity contribution in [3.05, 3.63) is 0 Å². The van der Waals surface area contributed by atoms with E-state index in [1.807, 2.05) is 6.92 Å². The SMILES string of the molecule is CCOCCCC(=O)NC(CO)CC(C)C. The minimum atomic E-state index is -0.111. The molecule has 0 bridgehead atoms. The van der Waals surface area contributed by atoms with Crippen LogP contribution in [-0.4, -0.2) is 36.9 Å². The highest BCUT2D eigenvalue weighted by Crippen LogP contribution is 2.04. The maximum atomic E-state index is 11.5. The summed E-state index contributed by atoms with van der Waals surface area (Å²) in [5.74, 6) is 0.472. The molecule has 1 amide bonds. The van der Waals surface area contributed by atoms with E-state index in [1.165, 1.54) is 0 Å². The van der Waals surface area contributed by atoms with Gasteiger partial charge in [0.2, 0.25) is 5.91 Å². The van der Waals surface area contributed by atoms with Crippen LogP contribution in [0.3, 0.4) is 0 Å². The van der Waals surface area contributed by atoms with Crippen LogP contribution in [0.2, 0.25) is 0 Å². The van der Waals surface area contributed by atoms with E-state index < -0.39 is 0 Å². The Morgan fingerprint density at radius 2 is 2.12 bits per heavy atom. The van der Waals surface area contributed by atoms with Crippen molar-refractivity contribution in [1.29, 1.82) is 0 Å². The van der Waals surface area contributed by atoms with Gasteiger partial charge in [0.1, 0.15) is 0 Å². The van der Waals surface area contributed by atoms with Crippen molar-refractivity contribution in [3.63, 3.8) is 0 Å². The second-order valence-electron chi connectivity index (χ2n) is 4.38. The van der Waals surface area contributed by atoms with E-state index in [1.54, 1.807) is 0 Å². The van der Waals surface area contributed by atoms with Crippen LogP contribution in [0.5, 0.6) is 0 Å². The molecule has 0 aliphatic carbocycles. The van der Waals surface area contributed by atoms with E-state index in [2.05, 4.69) is 19.2 Å². The molecule has 96 valence electrons. The van der Waals surface area contributed by atoms with Crippen LogP contribution in [0.15, 0.2) is 0 Å². The largest absolute Gasteiger partial charge is 0.394 e. The highest BCUT2D eigenvalue weighted by Gasteiger charge is 2.12. The number of aliphatic hydroxyl groups is 1. The average Bonchev–Trinajstić information content (AvgIpc) is 2.23. The van der Waals surface area contributed by atoms with E-state index >= 15 is 0 Å². The fraction of sp³-hybridized carbons (Fsp3) is 0.917. The molecular weight excluding hydrogens is 206 g/mol. The summed E-state index contributed by atoms with van der Waals surface area (Å²) in [5, 5.41) is 11.9. The fourth-order valence-corrected chi connectivity index (χ4v) is 1.53. The predicted molar refractivity (Wildman–Crippen MR) is 64.2 cm³/mol. The van der Waals surface area contributed by atoms with Gasteiger partial charge in [0.15, 0.2) is 0 Å². The predicted octanol–water partition coefficient (Wildman–Crippen LogP) is 1.33. The fourth-order valence-electron chi connectivity index (χ4n) is 1.53. The molecule has 0 aliphatic heterocycles. The molecule has 4 heteroatoms. The number of carbonyl (C=O) groups excluding carboxylic acids is 1. The molecule has 4 nitrogen and oxygen atoms in total. The summed E-state index contributed by atoms with van der Waals surface area (Å²) < 4.78 is 5.15. The lowest BCUT2D eigenvalue weighted by Gasteiger charge is -2.18. The summed E-state index contributed by atoms with van der Waals surface area (Å²) in [6.45, 7) is 7.40. The molecule has 16 heavy (non-hydrogen) atoms. The summed E-state index contributed by atoms with van der Waals surface area (Å²) >= 11 is 0. The molecule has 0 rings (SSSR count). The monoisotopic (exact) mass is 231 g/mol. The number of amides is 1. The third-order valence-electron chi connectivity index (χ3n) is 2.24. The van der Waals surface area contributed by atoms with Crippen LogP contribution in [-0.2, 0) is 9.53 Å². The van der Waals surface area contributed by atoms with E-state index in [9.17, 15) is 4.79 Å². The normalized spacial score (nSPS) is 12.8. The summed E-state index contributed by atoms with van der Waals surface area (Å²) in [6, 6.07) is -0.111. The van der Waals surface area contributed by atoms with Crippen molar-refractivity contribution in [1.82, 2.24) is 5.32 Å². The minimum absolute atomic E-state index is 0.000553. The average molecular weight is 231 g/mol. The number of hydrogen-bond acceptors (Lipinski definition) is 3. The maximum Gasteiger partial charge on any atom is 0.220 e. The molecule has 0 spiro atoms. The Morgan fingerprint density at radius 1 is 1.44 bits per heavy atom. The van der Waals surface area contributed by atoms with Gasteiger partial charge in [-0.25, -0.2) is 0 Å². The zero-order chi connectivity index (χ0) is 12.4. The number of rotatable bonds is 9. The van der Waals surface area contributed by atoms with Crippen molar-refractivity contribution in [2.75, 3.05) is 19.8 Å². The molecule has 0 aromatic carbocycles. The van der Waals surface area contributed by atoms with Crippen molar-refractivity contribution < 1.29 is 14.6 Å². The van der Waals surface area contributed by atoms with Crippen molar-refractivity contribution >= 4 is 5.91 Å². The maximum absolute atomic E-state index is 11.5. The molecule has 0 radical (unpaired) electrons. The highest BCUT2D eigenvalue weighted by atomic mass is 16.5. The Morgan fingerprint density at radius 3 is 2.62 bits per heavy atom. The molecule has 0 aliphatic rings. The smallest absolute Gasteiger partial charge is 0.220 e. The molecule has 0 aromatic rings. The Kier molecular flexibility index (Phi) is 9.24. The molecule has 1 unspecified atom stereocenters. The van der Waals surface area contributed by atoms with Crippen molar-refractivity contribution in [2.24, 2.45) is 5.92 Å². The minimum Gasteiger partial charge on any atom is -0.394 e. The van der Waals surface area contributed by atoms with Gasteiger partial charge in [0, 0.05) is 19.6 Å². The van der Waals surface area contributed by atoms with Crippen LogP contribution in [0, 0.1) is 5.92 Å². The van der Waals surface area contributed by atoms with Gasteiger partial charge in [0.05, 0.1) is 12.6 Å². The van der Waals surface area contributed by atoms with Gasteiger partial charge in [-0.3, -0.25) is 4.79 Å². The number of ether oxygens (including phenoxy) is 1. The molecular formula is C12H25NO3. The van der Waals surface area contributed by atoms with Crippen molar-refractivity contribution in [2.45, 2.75) is 46.1 Å². The van der Waals surface area contributed by atoms with Crippen LogP contribution in [0.1, 0.15) is 40.0 Å². The van der Waals surface area contributed by atoms with Crippen molar-refractivity contribution in [3.8, 4) is 0 Å². The van der Waals surface area contributed by atoms with E-state index in [-0.39, 0.29) is 18.6 Å². The van der Waals surface area contributed by atoms with E-state index in [0.29, 0.717) is 25.6 Å². The first kappa shape index (κ1) is 15.4. The quantitative estimate of drug-likeness (QED) is 0.588. The molecule has 0 saturated carbocycles. The van der Waals surface area contributed by atoms with Gasteiger partial charge in [-0.15, -0.1) is 0 Å². The summed E-state index contributed by atoms with van der Waals surface area (Å²) in [5.41, 5.74) is 0. The molecule has 0 fully saturated rings. The van der Waals surface area contributed by atoms with E-state index in [0.717, 1.165) is 12.8 Å². The first-order chi connectivity index (χ1) is 7.60. The summed E-state index contributed by atoms with van der Waals surface area (Å²) in [7, 11) is 0. The van der Waals surface area contributed by atoms with Gasteiger partial charge in [0.25, 0.3) is 0 Å². The second-order valence-corrected chi connectivity index (χ2v) is 4.38. The van der Waals surface area contributed by atoms with Gasteiger partial charge in [-0.1, -0.05) is 13.8 Å². The molecule has 2 N–H and O–H groups in total. The highest BCUT2D eigenvalue weighted by molar-refractivity contribution is 5.76. The third-order valence-corrected chi connectivity index (χ3v) is 2.24. The number of aliphatic hydroxyl groups excluding tert-OH is 1. The third kappa shape index (κ3) is 8.68. The van der Waals surface area contributed by atoms with Gasteiger partial charge in [-0.05, 0) is 25.7 Å². The zero-order valence-electron chi connectivity index (χ0n) is 10.7. The Balaban J connectivity index is 3.66. The van der Waals surface area contributed by atoms with Crippen LogP contribution < -0.4 is 5.32 Å². The second kappa shape index (κ2) is 9.60. The topological polar surface area (TPSA) is 58.6 Å². The van der Waals surface area contributed by atoms with Gasteiger partial charge in [-0.2, -0.15) is 0 Å². The lowest BCUT2D eigenvalue weighted by atomic mass is 10.0. The first-order valence-electron chi connectivity index (χ1n) is 6.08. The Labute approximate surface area is 98.4 Å². The molecule has 0 saturated heterocycles. The Bertz CT molecular complexity index is 183. The van der Waals surface area contributed by atoms with Crippen LogP contribution in [0.25, 0.3) is 0 Å². The number of hydrogen-bond donors (Lipinski definition) is 2. The zero-order valence-corrected chi connectivity index (χ0v) is 10.7. The Hall–Kier alpha value is -0.610. The molecule has 0 heterocycles. The van der Waals surface area contributed by atoms with E-state index in [4.69, 9.17) is 9.84 Å². The first-order valence-corrected chi connectivity index (χ1v) is 6.08. The standard InChI is InChI=1S/C12H25NO3/c1-4-16-7-5-6-12(15)13-11(9-14)8-10(2)3/h10-11,14H,4-9H2,1-3H3,(H,13,15). The summed E-state index contributed by atoms with van der Waals surface area (Å²) in [4.78, 5) is 11.5. The van der Waals surface area contributed by atoms with Crippen LogP contribution >= 0.6 is 0 Å². The van der Waals surface area contributed by atoms with Crippen LogP contribution in [0.4, 0.5) is 0 Å². The summed E-state index contributed by atoms with van der Waals surface area (Å²) in [6.07, 6.45) is 2.02. The molecule has 0 aromatic heterocycles.